The van der Waals surface area contributed by atoms with Crippen LogP contribution in [0.2, 0.25) is 0 Å². The van der Waals surface area contributed by atoms with E-state index in [2.05, 4.69) is 10.3 Å². The van der Waals surface area contributed by atoms with E-state index in [9.17, 15) is 4.79 Å². The van der Waals surface area contributed by atoms with Crippen LogP contribution < -0.4 is 5.32 Å². The van der Waals surface area contributed by atoms with Crippen molar-refractivity contribution in [1.82, 2.24) is 4.98 Å². The first-order valence-electron chi connectivity index (χ1n) is 7.23. The Labute approximate surface area is 123 Å². The van der Waals surface area contributed by atoms with E-state index in [1.807, 2.05) is 60.8 Å². The van der Waals surface area contributed by atoms with Crippen LogP contribution in [-0.2, 0) is 10.2 Å². The van der Waals surface area contributed by atoms with Gasteiger partial charge in [-0.05, 0) is 36.6 Å². The summed E-state index contributed by atoms with van der Waals surface area (Å²) in [5, 5.41) is 4.16. The molecule has 1 aromatic heterocycles. The number of aromatic amines is 1. The summed E-state index contributed by atoms with van der Waals surface area (Å²) in [6, 6.07) is 18.0. The predicted molar refractivity (Wildman–Crippen MR) is 84.3 cm³/mol. The minimum Gasteiger partial charge on any atom is -0.361 e. The zero-order chi connectivity index (χ0) is 14.3. The number of hydrogen-bond donors (Lipinski definition) is 2. The molecule has 0 radical (unpaired) electrons. The predicted octanol–water partition coefficient (Wildman–Crippen LogP) is 3.84. The third kappa shape index (κ3) is 1.93. The maximum atomic E-state index is 12.7. The van der Waals surface area contributed by atoms with Crippen LogP contribution in [0.25, 0.3) is 10.9 Å². The Bertz CT molecular complexity index is 800. The summed E-state index contributed by atoms with van der Waals surface area (Å²) in [6.45, 7) is 0. The summed E-state index contributed by atoms with van der Waals surface area (Å²) in [5.74, 6) is 0.0994. The first-order chi connectivity index (χ1) is 10.3. The van der Waals surface area contributed by atoms with E-state index in [0.29, 0.717) is 0 Å². The van der Waals surface area contributed by atoms with Crippen LogP contribution in [0.3, 0.4) is 0 Å². The number of rotatable bonds is 3. The smallest absolute Gasteiger partial charge is 0.235 e. The van der Waals surface area contributed by atoms with Crippen LogP contribution in [0.4, 0.5) is 5.69 Å². The molecule has 0 saturated heterocycles. The summed E-state index contributed by atoms with van der Waals surface area (Å²) < 4.78 is 0. The maximum Gasteiger partial charge on any atom is 0.235 e. The fourth-order valence-electron chi connectivity index (χ4n) is 2.97. The van der Waals surface area contributed by atoms with Gasteiger partial charge in [0, 0.05) is 17.1 Å². The van der Waals surface area contributed by atoms with E-state index in [1.165, 1.54) is 0 Å². The number of amides is 1. The van der Waals surface area contributed by atoms with Gasteiger partial charge in [0.05, 0.1) is 11.1 Å². The molecule has 1 aliphatic rings. The minimum atomic E-state index is -0.334. The standard InChI is InChI=1S/C18H16N2O/c21-17(18(10-11-18)13-5-2-1-3-6-13)20-16-8-4-7-15-14(16)9-12-19-15/h1-9,12,19H,10-11H2,(H,20,21). The van der Waals surface area contributed by atoms with Gasteiger partial charge in [-0.25, -0.2) is 0 Å². The van der Waals surface area contributed by atoms with Crippen molar-refractivity contribution in [2.24, 2.45) is 0 Å². The highest BCUT2D eigenvalue weighted by Crippen LogP contribution is 2.49. The van der Waals surface area contributed by atoms with Gasteiger partial charge in [0.2, 0.25) is 5.91 Å². The molecular formula is C18H16N2O. The summed E-state index contributed by atoms with van der Waals surface area (Å²) in [6.07, 6.45) is 3.74. The van der Waals surface area contributed by atoms with Crippen LogP contribution in [0.1, 0.15) is 18.4 Å². The SMILES string of the molecule is O=C(Nc1cccc2[nH]ccc12)C1(c2ccccc2)CC1. The van der Waals surface area contributed by atoms with Crippen molar-refractivity contribution in [2.75, 3.05) is 5.32 Å². The Morgan fingerprint density at radius 3 is 2.57 bits per heavy atom. The number of hydrogen-bond acceptors (Lipinski definition) is 1. The Kier molecular flexibility index (Phi) is 2.61. The molecule has 0 bridgehead atoms. The summed E-state index contributed by atoms with van der Waals surface area (Å²) in [5.41, 5.74) is 2.70. The number of carbonyl (C=O) groups is 1. The van der Waals surface area contributed by atoms with Gasteiger partial charge < -0.3 is 10.3 Å². The highest BCUT2D eigenvalue weighted by atomic mass is 16.2. The Morgan fingerprint density at radius 1 is 1.00 bits per heavy atom. The highest BCUT2D eigenvalue weighted by Gasteiger charge is 2.51. The van der Waals surface area contributed by atoms with Gasteiger partial charge in [-0.1, -0.05) is 36.4 Å². The molecule has 0 aliphatic heterocycles. The molecule has 104 valence electrons. The van der Waals surface area contributed by atoms with Gasteiger partial charge in [0.25, 0.3) is 0 Å². The lowest BCUT2D eigenvalue weighted by atomic mass is 9.95. The number of fused-ring (bicyclic) bond motifs is 1. The number of anilines is 1. The first kappa shape index (κ1) is 12.2. The monoisotopic (exact) mass is 276 g/mol. The molecule has 3 nitrogen and oxygen atoms in total. The molecular weight excluding hydrogens is 260 g/mol. The lowest BCUT2D eigenvalue weighted by molar-refractivity contribution is -0.118. The van der Waals surface area contributed by atoms with Crippen LogP contribution in [0.5, 0.6) is 0 Å². The van der Waals surface area contributed by atoms with Crippen LogP contribution in [0, 0.1) is 0 Å². The van der Waals surface area contributed by atoms with Crippen molar-refractivity contribution in [3.8, 4) is 0 Å². The first-order valence-corrected chi connectivity index (χ1v) is 7.23. The molecule has 0 spiro atoms. The number of aromatic nitrogens is 1. The molecule has 2 aromatic carbocycles. The van der Waals surface area contributed by atoms with E-state index in [-0.39, 0.29) is 11.3 Å². The largest absolute Gasteiger partial charge is 0.361 e. The van der Waals surface area contributed by atoms with Crippen LogP contribution >= 0.6 is 0 Å². The number of carbonyl (C=O) groups excluding carboxylic acids is 1. The molecule has 1 amide bonds. The second-order valence-electron chi connectivity index (χ2n) is 5.65. The second-order valence-corrected chi connectivity index (χ2v) is 5.65. The quantitative estimate of drug-likeness (QED) is 0.750. The average Bonchev–Trinajstić information content (AvgIpc) is 3.20. The third-order valence-electron chi connectivity index (χ3n) is 4.35. The summed E-state index contributed by atoms with van der Waals surface area (Å²) >= 11 is 0. The van der Waals surface area contributed by atoms with Crippen molar-refractivity contribution in [2.45, 2.75) is 18.3 Å². The van der Waals surface area contributed by atoms with E-state index in [4.69, 9.17) is 0 Å². The molecule has 1 aliphatic carbocycles. The van der Waals surface area contributed by atoms with Crippen molar-refractivity contribution in [3.63, 3.8) is 0 Å². The molecule has 1 heterocycles. The molecule has 0 atom stereocenters. The Hall–Kier alpha value is -2.55. The average molecular weight is 276 g/mol. The summed E-state index contributed by atoms with van der Waals surface area (Å²) in [7, 11) is 0. The zero-order valence-electron chi connectivity index (χ0n) is 11.6. The van der Waals surface area contributed by atoms with E-state index < -0.39 is 0 Å². The number of H-pyrrole nitrogens is 1. The minimum absolute atomic E-state index is 0.0994. The van der Waals surface area contributed by atoms with Crippen LogP contribution in [-0.4, -0.2) is 10.9 Å². The normalized spacial score (nSPS) is 15.8. The lowest BCUT2D eigenvalue weighted by Crippen LogP contribution is -2.27. The molecule has 2 N–H and O–H groups in total. The number of nitrogens with one attached hydrogen (secondary N) is 2. The van der Waals surface area contributed by atoms with Crippen molar-refractivity contribution in [3.05, 3.63) is 66.4 Å². The third-order valence-corrected chi connectivity index (χ3v) is 4.35. The van der Waals surface area contributed by atoms with Crippen molar-refractivity contribution in [1.29, 1.82) is 0 Å². The van der Waals surface area contributed by atoms with Gasteiger partial charge in [0.1, 0.15) is 0 Å². The zero-order valence-corrected chi connectivity index (χ0v) is 11.6. The fraction of sp³-hybridized carbons (Fsp3) is 0.167. The Balaban J connectivity index is 1.66. The lowest BCUT2D eigenvalue weighted by Gasteiger charge is -2.16. The second kappa shape index (κ2) is 4.48. The van der Waals surface area contributed by atoms with Crippen molar-refractivity contribution >= 4 is 22.5 Å². The molecule has 4 rings (SSSR count). The van der Waals surface area contributed by atoms with Gasteiger partial charge in [-0.2, -0.15) is 0 Å². The fourth-order valence-corrected chi connectivity index (χ4v) is 2.97. The van der Waals surface area contributed by atoms with Gasteiger partial charge in [-0.3, -0.25) is 4.79 Å². The molecule has 1 fully saturated rings. The van der Waals surface area contributed by atoms with Gasteiger partial charge in [0.15, 0.2) is 0 Å². The van der Waals surface area contributed by atoms with E-state index in [0.717, 1.165) is 35.0 Å². The maximum absolute atomic E-state index is 12.7. The number of benzene rings is 2. The molecule has 21 heavy (non-hydrogen) atoms. The molecule has 1 saturated carbocycles. The van der Waals surface area contributed by atoms with Crippen LogP contribution in [0.15, 0.2) is 60.8 Å². The van der Waals surface area contributed by atoms with Gasteiger partial charge in [-0.15, -0.1) is 0 Å². The van der Waals surface area contributed by atoms with Gasteiger partial charge >= 0.3 is 0 Å². The molecule has 3 aromatic rings. The van der Waals surface area contributed by atoms with E-state index >= 15 is 0 Å². The molecule has 0 unspecified atom stereocenters. The Morgan fingerprint density at radius 2 is 1.81 bits per heavy atom. The summed E-state index contributed by atoms with van der Waals surface area (Å²) in [4.78, 5) is 15.9. The van der Waals surface area contributed by atoms with E-state index in [1.54, 1.807) is 0 Å². The topological polar surface area (TPSA) is 44.9 Å². The van der Waals surface area contributed by atoms with Crippen molar-refractivity contribution < 1.29 is 4.79 Å². The molecule has 3 heteroatoms. The highest BCUT2D eigenvalue weighted by molar-refractivity contribution is 6.06.